The average molecular weight is 289 g/mol. The van der Waals surface area contributed by atoms with Gasteiger partial charge in [-0.1, -0.05) is 32.4 Å². The van der Waals surface area contributed by atoms with Crippen LogP contribution < -0.4 is 0 Å². The highest BCUT2D eigenvalue weighted by molar-refractivity contribution is 6.31. The van der Waals surface area contributed by atoms with E-state index in [4.69, 9.17) is 16.3 Å². The van der Waals surface area contributed by atoms with Crippen LogP contribution in [0.5, 0.6) is 0 Å². The molecule has 0 aliphatic rings. The van der Waals surface area contributed by atoms with Crippen molar-refractivity contribution < 1.29 is 9.84 Å². The fraction of sp³-hybridized carbons (Fsp3) is 0.786. The molecule has 5 heteroatoms. The second-order valence-corrected chi connectivity index (χ2v) is 5.26. The molecule has 1 atom stereocenters. The van der Waals surface area contributed by atoms with E-state index in [-0.39, 0.29) is 0 Å². The zero-order valence-corrected chi connectivity index (χ0v) is 13.3. The molecule has 0 amide bonds. The van der Waals surface area contributed by atoms with E-state index in [0.29, 0.717) is 11.4 Å². The quantitative estimate of drug-likeness (QED) is 0.839. The minimum absolute atomic E-state index is 0.456. The molecular weight excluding hydrogens is 264 g/mol. The summed E-state index contributed by atoms with van der Waals surface area (Å²) in [5.74, 6) is 0. The Hall–Kier alpha value is -0.580. The van der Waals surface area contributed by atoms with Gasteiger partial charge in [0.15, 0.2) is 0 Å². The molecule has 0 spiro atoms. The van der Waals surface area contributed by atoms with E-state index in [0.717, 1.165) is 30.7 Å². The van der Waals surface area contributed by atoms with Gasteiger partial charge in [-0.25, -0.2) is 0 Å². The molecule has 0 aliphatic carbocycles. The van der Waals surface area contributed by atoms with Gasteiger partial charge in [0.2, 0.25) is 0 Å². The molecule has 1 aromatic rings. The van der Waals surface area contributed by atoms with Crippen LogP contribution in [0.4, 0.5) is 0 Å². The molecular formula is C14H25ClN2O2. The summed E-state index contributed by atoms with van der Waals surface area (Å²) in [6, 6.07) is 0. The monoisotopic (exact) mass is 288 g/mol. The average Bonchev–Trinajstić information content (AvgIpc) is 2.69. The van der Waals surface area contributed by atoms with Crippen molar-refractivity contribution in [3.8, 4) is 0 Å². The summed E-state index contributed by atoms with van der Waals surface area (Å²) in [7, 11) is 3.51. The molecule has 0 saturated carbocycles. The number of hydrogen-bond donors (Lipinski definition) is 1. The minimum Gasteiger partial charge on any atom is -0.390 e. The van der Waals surface area contributed by atoms with Crippen molar-refractivity contribution in [3.63, 3.8) is 0 Å². The Balaban J connectivity index is 2.99. The van der Waals surface area contributed by atoms with Crippen LogP contribution in [0.2, 0.25) is 5.02 Å². The van der Waals surface area contributed by atoms with Gasteiger partial charge in [-0.3, -0.25) is 4.68 Å². The third kappa shape index (κ3) is 3.12. The Kier molecular flexibility index (Phi) is 5.83. The first-order chi connectivity index (χ1) is 8.95. The first-order valence-electron chi connectivity index (χ1n) is 6.89. The maximum absolute atomic E-state index is 10.5. The number of ether oxygens (including phenoxy) is 1. The van der Waals surface area contributed by atoms with Crippen LogP contribution in [-0.4, -0.2) is 33.7 Å². The second-order valence-electron chi connectivity index (χ2n) is 4.88. The standard InChI is InChI=1S/C14H25ClN2O2/c1-6-10-13(15)11(17(4)16-10)9-12(18)14(7-2,8-3)19-5/h12,18H,6-9H2,1-5H3. The summed E-state index contributed by atoms with van der Waals surface area (Å²) in [4.78, 5) is 0. The number of hydrogen-bond acceptors (Lipinski definition) is 3. The van der Waals surface area contributed by atoms with Crippen LogP contribution in [0.15, 0.2) is 0 Å². The fourth-order valence-electron chi connectivity index (χ4n) is 2.56. The number of halogens is 1. The molecule has 110 valence electrons. The molecule has 1 unspecified atom stereocenters. The van der Waals surface area contributed by atoms with Crippen molar-refractivity contribution in [1.82, 2.24) is 9.78 Å². The lowest BCUT2D eigenvalue weighted by Gasteiger charge is -2.35. The molecule has 0 radical (unpaired) electrons. The van der Waals surface area contributed by atoms with Crippen LogP contribution in [-0.2, 0) is 24.6 Å². The van der Waals surface area contributed by atoms with E-state index in [1.165, 1.54) is 0 Å². The lowest BCUT2D eigenvalue weighted by molar-refractivity contribution is -0.107. The van der Waals surface area contributed by atoms with Gasteiger partial charge in [0.25, 0.3) is 0 Å². The number of methoxy groups -OCH3 is 1. The molecule has 0 aromatic carbocycles. The number of aromatic nitrogens is 2. The van der Waals surface area contributed by atoms with Crippen LogP contribution in [0.3, 0.4) is 0 Å². The van der Waals surface area contributed by atoms with Gasteiger partial charge in [0.05, 0.1) is 28.1 Å². The fourth-order valence-corrected chi connectivity index (χ4v) is 2.93. The third-order valence-electron chi connectivity index (χ3n) is 4.10. The minimum atomic E-state index is -0.592. The van der Waals surface area contributed by atoms with E-state index < -0.39 is 11.7 Å². The van der Waals surface area contributed by atoms with Gasteiger partial charge >= 0.3 is 0 Å². The summed E-state index contributed by atoms with van der Waals surface area (Å²) in [6.45, 7) is 6.07. The second kappa shape index (κ2) is 6.73. The number of aliphatic hydroxyl groups excluding tert-OH is 1. The summed E-state index contributed by atoms with van der Waals surface area (Å²) >= 11 is 6.32. The van der Waals surface area contributed by atoms with Crippen LogP contribution in [0.25, 0.3) is 0 Å². The molecule has 19 heavy (non-hydrogen) atoms. The lowest BCUT2D eigenvalue weighted by atomic mass is 9.87. The summed E-state index contributed by atoms with van der Waals surface area (Å²) in [5.41, 5.74) is 1.23. The van der Waals surface area contributed by atoms with E-state index in [1.54, 1.807) is 11.8 Å². The lowest BCUT2D eigenvalue weighted by Crippen LogP contribution is -2.44. The third-order valence-corrected chi connectivity index (χ3v) is 4.54. The van der Waals surface area contributed by atoms with E-state index in [9.17, 15) is 5.11 Å². The van der Waals surface area contributed by atoms with Crippen molar-refractivity contribution in [2.24, 2.45) is 7.05 Å². The topological polar surface area (TPSA) is 47.3 Å². The van der Waals surface area contributed by atoms with E-state index >= 15 is 0 Å². The zero-order valence-electron chi connectivity index (χ0n) is 12.5. The predicted molar refractivity (Wildman–Crippen MR) is 77.6 cm³/mol. The largest absolute Gasteiger partial charge is 0.390 e. The molecule has 1 heterocycles. The maximum atomic E-state index is 10.5. The van der Waals surface area contributed by atoms with Crippen LogP contribution in [0, 0.1) is 0 Å². The SMILES string of the molecule is CCc1nn(C)c(CC(O)C(CC)(CC)OC)c1Cl. The first kappa shape index (κ1) is 16.5. The van der Waals surface area contributed by atoms with Gasteiger partial charge in [0, 0.05) is 20.6 Å². The molecule has 4 nitrogen and oxygen atoms in total. The first-order valence-corrected chi connectivity index (χ1v) is 7.26. The summed E-state index contributed by atoms with van der Waals surface area (Å²) in [5, 5.41) is 15.6. The van der Waals surface area contributed by atoms with Crippen molar-refractivity contribution in [1.29, 1.82) is 0 Å². The van der Waals surface area contributed by atoms with Crippen LogP contribution in [0.1, 0.15) is 45.0 Å². The molecule has 1 N–H and O–H groups in total. The number of aliphatic hydroxyl groups is 1. The molecule has 0 saturated heterocycles. The van der Waals surface area contributed by atoms with Gasteiger partial charge in [0.1, 0.15) is 0 Å². The molecule has 1 aromatic heterocycles. The normalized spacial score (nSPS) is 13.8. The summed E-state index contributed by atoms with van der Waals surface area (Å²) < 4.78 is 7.32. The number of nitrogens with zero attached hydrogens (tertiary/aromatic N) is 2. The zero-order chi connectivity index (χ0) is 14.6. The van der Waals surface area contributed by atoms with Crippen LogP contribution >= 0.6 is 11.6 Å². The molecule has 0 aliphatic heterocycles. The predicted octanol–water partition coefficient (Wildman–Crippen LogP) is 2.74. The van der Waals surface area contributed by atoms with Gasteiger partial charge in [-0.2, -0.15) is 5.10 Å². The highest BCUT2D eigenvalue weighted by Gasteiger charge is 2.35. The Morgan fingerprint density at radius 3 is 2.32 bits per heavy atom. The van der Waals surface area contributed by atoms with Crippen molar-refractivity contribution in [3.05, 3.63) is 16.4 Å². The smallest absolute Gasteiger partial charge is 0.0935 e. The Bertz CT molecular complexity index is 406. The number of aryl methyl sites for hydroxylation is 2. The Morgan fingerprint density at radius 1 is 1.37 bits per heavy atom. The highest BCUT2D eigenvalue weighted by atomic mass is 35.5. The van der Waals surface area contributed by atoms with Crippen molar-refractivity contribution >= 4 is 11.6 Å². The Morgan fingerprint density at radius 2 is 1.95 bits per heavy atom. The van der Waals surface area contributed by atoms with Gasteiger partial charge in [-0.15, -0.1) is 0 Å². The van der Waals surface area contributed by atoms with E-state index in [2.05, 4.69) is 5.10 Å². The van der Waals surface area contributed by atoms with E-state index in [1.807, 2.05) is 27.8 Å². The van der Waals surface area contributed by atoms with Gasteiger partial charge in [-0.05, 0) is 19.3 Å². The highest BCUT2D eigenvalue weighted by Crippen LogP contribution is 2.29. The van der Waals surface area contributed by atoms with Crippen molar-refractivity contribution in [2.75, 3.05) is 7.11 Å². The summed E-state index contributed by atoms with van der Waals surface area (Å²) in [6.07, 6.45) is 2.18. The number of rotatable bonds is 7. The Labute approximate surface area is 120 Å². The molecule has 0 bridgehead atoms. The van der Waals surface area contributed by atoms with Gasteiger partial charge < -0.3 is 9.84 Å². The molecule has 1 rings (SSSR count). The maximum Gasteiger partial charge on any atom is 0.0935 e. The van der Waals surface area contributed by atoms with Crippen molar-refractivity contribution in [2.45, 2.75) is 58.2 Å². The molecule has 0 fully saturated rings.